The van der Waals surface area contributed by atoms with Crippen molar-refractivity contribution >= 4 is 23.7 Å². The molecule has 1 aromatic heterocycles. The van der Waals surface area contributed by atoms with Crippen LogP contribution in [0.4, 0.5) is 5.82 Å². The van der Waals surface area contributed by atoms with E-state index in [-0.39, 0.29) is 28.3 Å². The molecule has 0 bridgehead atoms. The van der Waals surface area contributed by atoms with Crippen LogP contribution in [0.1, 0.15) is 68.5 Å². The number of hydrogen-bond donors (Lipinski definition) is 1. The van der Waals surface area contributed by atoms with Gasteiger partial charge >= 0.3 is 5.69 Å². The Morgan fingerprint density at radius 2 is 1.67 bits per heavy atom. The van der Waals surface area contributed by atoms with Crippen molar-refractivity contribution < 1.29 is 18.6 Å². The van der Waals surface area contributed by atoms with Gasteiger partial charge in [0, 0.05) is 6.20 Å². The second kappa shape index (κ2) is 8.27. The van der Waals surface area contributed by atoms with Crippen molar-refractivity contribution in [2.75, 3.05) is 5.73 Å². The second-order valence-corrected chi connectivity index (χ2v) is 19.9. The highest BCUT2D eigenvalue weighted by molar-refractivity contribution is 6.74. The summed E-state index contributed by atoms with van der Waals surface area (Å²) < 4.78 is 28.3. The van der Waals surface area contributed by atoms with Gasteiger partial charge in [-0.05, 0) is 65.7 Å². The van der Waals surface area contributed by atoms with Crippen molar-refractivity contribution in [3.63, 3.8) is 0 Å². The average molecular weight is 498 g/mol. The van der Waals surface area contributed by atoms with Crippen molar-refractivity contribution in [2.24, 2.45) is 0 Å². The summed E-state index contributed by atoms with van der Waals surface area (Å²) in [6.45, 7) is 23.3. The highest BCUT2D eigenvalue weighted by atomic mass is 28.4. The van der Waals surface area contributed by atoms with E-state index in [1.54, 1.807) is 12.3 Å². The quantitative estimate of drug-likeness (QED) is 0.625. The number of aromatic nitrogens is 2. The monoisotopic (exact) mass is 497 g/mol. The maximum absolute atomic E-state index is 12.9. The summed E-state index contributed by atoms with van der Waals surface area (Å²) in [5.74, 6) is 0.183. The lowest BCUT2D eigenvalue weighted by atomic mass is 10.1. The molecule has 1 unspecified atom stereocenters. The van der Waals surface area contributed by atoms with Crippen molar-refractivity contribution in [3.05, 3.63) is 22.7 Å². The first kappa shape index (κ1) is 26.6. The van der Waals surface area contributed by atoms with Crippen LogP contribution < -0.4 is 11.4 Å². The van der Waals surface area contributed by atoms with Gasteiger partial charge in [0.15, 0.2) is 14.5 Å². The smallest absolute Gasteiger partial charge is 0.351 e. The molecule has 2 aliphatic rings. The molecule has 1 spiro atoms. The number of rotatable bonds is 5. The molecule has 10 heteroatoms. The third-order valence-electron chi connectivity index (χ3n) is 6.63. The summed E-state index contributed by atoms with van der Waals surface area (Å²) in [4.78, 5) is 16.8. The minimum absolute atomic E-state index is 0.0159. The van der Waals surface area contributed by atoms with E-state index in [2.05, 4.69) is 59.6 Å². The van der Waals surface area contributed by atoms with E-state index in [9.17, 15) is 4.79 Å². The van der Waals surface area contributed by atoms with Gasteiger partial charge < -0.3 is 24.4 Å². The third-order valence-corrected chi connectivity index (χ3v) is 13.4. The van der Waals surface area contributed by atoms with E-state index in [4.69, 9.17) is 24.4 Å². The molecule has 3 rings (SSSR count). The van der Waals surface area contributed by atoms with Crippen LogP contribution in [0, 0.1) is 0 Å². The Morgan fingerprint density at radius 3 is 2.15 bits per heavy atom. The predicted octanol–water partition coefficient (Wildman–Crippen LogP) is 2.95. The second-order valence-electron chi connectivity index (χ2n) is 12.9. The molecule has 33 heavy (non-hydrogen) atoms. The lowest BCUT2D eigenvalue weighted by Crippen LogP contribution is -2.52. The van der Waals surface area contributed by atoms with Gasteiger partial charge in [-0.3, -0.25) is 4.57 Å². The maximum atomic E-state index is 12.9. The van der Waals surface area contributed by atoms with Crippen LogP contribution in [0.3, 0.4) is 0 Å². The molecule has 2 fully saturated rings. The van der Waals surface area contributed by atoms with E-state index < -0.39 is 46.7 Å². The maximum Gasteiger partial charge on any atom is 0.351 e. The predicted molar refractivity (Wildman–Crippen MR) is 136 cm³/mol. The molecule has 3 heterocycles. The van der Waals surface area contributed by atoms with Crippen molar-refractivity contribution in [1.29, 1.82) is 0 Å². The third kappa shape index (κ3) is 5.62. The van der Waals surface area contributed by atoms with E-state index >= 15 is 0 Å². The molecule has 0 amide bonds. The largest absolute Gasteiger partial charge is 0.407 e. The Hall–Kier alpha value is -1.05. The van der Waals surface area contributed by atoms with Gasteiger partial charge in [-0.15, -0.1) is 0 Å². The van der Waals surface area contributed by atoms with Crippen molar-refractivity contribution in [2.45, 2.75) is 121 Å². The number of ether oxygens (including phenoxy) is 3. The summed E-state index contributed by atoms with van der Waals surface area (Å²) >= 11 is 0. The molecule has 2 N–H and O–H groups in total. The Kier molecular flexibility index (Phi) is 6.65. The molecule has 0 radical (unpaired) electrons. The Labute approximate surface area is 201 Å². The van der Waals surface area contributed by atoms with Gasteiger partial charge in [0.1, 0.15) is 32.8 Å². The SMILES string of the molecule is CC(C)(C)OC1[SiH2][C@@]12O[C@@H](n1ccc(N)nc1=O)[C@H](O[Si](C)(C)C(C)(C)C)[C@@H]2OC(C)(C)C. The molecule has 8 nitrogen and oxygen atoms in total. The van der Waals surface area contributed by atoms with Crippen LogP contribution in [-0.4, -0.2) is 61.7 Å². The van der Waals surface area contributed by atoms with Crippen LogP contribution >= 0.6 is 0 Å². The first-order valence-electron chi connectivity index (χ1n) is 11.8. The molecular weight excluding hydrogens is 454 g/mol. The molecule has 0 aliphatic carbocycles. The first-order chi connectivity index (χ1) is 14.8. The summed E-state index contributed by atoms with van der Waals surface area (Å²) in [6.07, 6.45) is 0.177. The summed E-state index contributed by atoms with van der Waals surface area (Å²) in [5.41, 5.74) is 4.57. The minimum Gasteiger partial charge on any atom is -0.407 e. The van der Waals surface area contributed by atoms with Crippen LogP contribution in [0.2, 0.25) is 18.1 Å². The Bertz CT molecular complexity index is 932. The van der Waals surface area contributed by atoms with Crippen LogP contribution in [0.5, 0.6) is 0 Å². The van der Waals surface area contributed by atoms with Gasteiger partial charge in [0.2, 0.25) is 0 Å². The highest BCUT2D eigenvalue weighted by Gasteiger charge is 2.73. The summed E-state index contributed by atoms with van der Waals surface area (Å²) in [7, 11) is -3.06. The zero-order valence-corrected chi connectivity index (χ0v) is 24.6. The number of anilines is 1. The molecule has 2 saturated heterocycles. The van der Waals surface area contributed by atoms with Crippen LogP contribution in [0.25, 0.3) is 0 Å². The molecule has 188 valence electrons. The lowest BCUT2D eigenvalue weighted by molar-refractivity contribution is -0.140. The van der Waals surface area contributed by atoms with Gasteiger partial charge in [0.25, 0.3) is 0 Å². The molecule has 2 aliphatic heterocycles. The summed E-state index contributed by atoms with van der Waals surface area (Å²) in [6, 6.07) is 1.62. The zero-order chi connectivity index (χ0) is 25.2. The van der Waals surface area contributed by atoms with Gasteiger partial charge in [-0.25, -0.2) is 4.79 Å². The molecular formula is C23H43N3O5Si2. The van der Waals surface area contributed by atoms with Crippen LogP contribution in [-0.2, 0) is 18.6 Å². The van der Waals surface area contributed by atoms with E-state index in [1.165, 1.54) is 4.57 Å². The average Bonchev–Trinajstić information content (AvgIpc) is 3.17. The van der Waals surface area contributed by atoms with Gasteiger partial charge in [0.05, 0.1) is 16.9 Å². The summed E-state index contributed by atoms with van der Waals surface area (Å²) in [5, 5.41) is -0.578. The van der Waals surface area contributed by atoms with Crippen LogP contribution in [0.15, 0.2) is 17.1 Å². The molecule has 1 aromatic rings. The normalized spacial score (nSPS) is 31.5. The minimum atomic E-state index is -2.24. The van der Waals surface area contributed by atoms with E-state index in [0.717, 1.165) is 0 Å². The number of hydrogen-bond acceptors (Lipinski definition) is 7. The van der Waals surface area contributed by atoms with Gasteiger partial charge in [-0.1, -0.05) is 20.8 Å². The fourth-order valence-corrected chi connectivity index (χ4v) is 7.57. The topological polar surface area (TPSA) is 97.8 Å². The van der Waals surface area contributed by atoms with Crippen molar-refractivity contribution in [1.82, 2.24) is 9.55 Å². The molecule has 0 saturated carbocycles. The Morgan fingerprint density at radius 1 is 1.09 bits per heavy atom. The molecule has 5 atom stereocenters. The fraction of sp³-hybridized carbons (Fsp3) is 0.826. The lowest BCUT2D eigenvalue weighted by Gasteiger charge is -2.41. The fourth-order valence-electron chi connectivity index (χ4n) is 4.03. The highest BCUT2D eigenvalue weighted by Crippen LogP contribution is 2.54. The van der Waals surface area contributed by atoms with Gasteiger partial charge in [-0.2, -0.15) is 4.98 Å². The standard InChI is InChI=1S/C23H43N3O5Si2/c1-20(2,3)28-16-15(31-33(10,11)22(7,8)9)17(26-13-12-14(24)25-19(26)27)29-23(16)18(32-23)30-21(4,5)6/h12-13,15-18H,32H2,1-11H3,(H2,24,25,27)/t15-,16+,17-,18?,23-/m1/s1. The number of nitrogen functional groups attached to an aromatic ring is 1. The number of nitrogens with zero attached hydrogens (tertiary/aromatic N) is 2. The van der Waals surface area contributed by atoms with E-state index in [0.29, 0.717) is 0 Å². The first-order valence-corrected chi connectivity index (χ1v) is 16.2. The zero-order valence-electron chi connectivity index (χ0n) is 22.2. The van der Waals surface area contributed by atoms with E-state index in [1.807, 2.05) is 20.8 Å². The van der Waals surface area contributed by atoms with Crippen molar-refractivity contribution in [3.8, 4) is 0 Å². The molecule has 0 aromatic carbocycles. The Balaban J connectivity index is 2.10. The number of nitrogens with two attached hydrogens (primary N) is 1.